The van der Waals surface area contributed by atoms with Gasteiger partial charge in [-0.05, 0) is 37.1 Å². The van der Waals surface area contributed by atoms with Crippen LogP contribution in [0.25, 0.3) is 67.6 Å². The van der Waals surface area contributed by atoms with Crippen LogP contribution in [0.5, 0.6) is 0 Å². The number of H-pyrrole nitrogens is 3. The summed E-state index contributed by atoms with van der Waals surface area (Å²) in [5, 5.41) is 12.4. The van der Waals surface area contributed by atoms with Crippen molar-refractivity contribution >= 4 is 39.9 Å². The second kappa shape index (κ2) is 13.6. The molecule has 22 heteroatoms. The molecule has 0 saturated carbocycles. The molecule has 0 fully saturated rings. The molecule has 8 bridgehead atoms. The molecule has 0 aliphatic carbocycles. The van der Waals surface area contributed by atoms with E-state index in [0.717, 1.165) is 12.1 Å². The van der Waals surface area contributed by atoms with Crippen molar-refractivity contribution in [3.63, 3.8) is 0 Å². The fourth-order valence-electron chi connectivity index (χ4n) is 6.93. The van der Waals surface area contributed by atoms with Gasteiger partial charge in [-0.2, -0.15) is 0 Å². The second-order valence-corrected chi connectivity index (χ2v) is 12.7. The van der Waals surface area contributed by atoms with E-state index in [2.05, 4.69) is 19.9 Å². The van der Waals surface area contributed by atoms with Crippen LogP contribution in [0.4, 0.5) is 71.5 Å². The van der Waals surface area contributed by atoms with Crippen molar-refractivity contribution in [2.24, 2.45) is 0 Å². The highest BCUT2D eigenvalue weighted by Gasteiger charge is 2.35. The lowest BCUT2D eigenvalue weighted by atomic mass is 9.98. The first-order valence-electron chi connectivity index (χ1n) is 16.2. The quantitative estimate of drug-likeness (QED) is 0.0540. The van der Waals surface area contributed by atoms with Crippen molar-refractivity contribution in [2.45, 2.75) is 12.8 Å². The standard InChI is InChI=1S/C37H12F15N5O2/c38-22-19(23(39)29(45)34(50)28(22)44)16-9-2-1-8(53-9)14-7-15(57(58)59)37(56-14)18(21-26(42)32(48)36(52)33(49)27(21)43)13-6-5-12(55-13)17(11-4-3-10(16)54-11)20-24(40)30(46)35(51)31(47)25(20)41/h1-2,5-7,53-54,56H,3-4H2. The molecule has 0 spiro atoms. The Morgan fingerprint density at radius 2 is 0.814 bits per heavy atom. The summed E-state index contributed by atoms with van der Waals surface area (Å²) in [6.45, 7) is 0. The number of halogens is 15. The normalized spacial score (nSPS) is 12.6. The van der Waals surface area contributed by atoms with Gasteiger partial charge in [-0.15, -0.1) is 0 Å². The fourth-order valence-corrected chi connectivity index (χ4v) is 6.93. The molecule has 8 rings (SSSR count). The van der Waals surface area contributed by atoms with Crippen molar-refractivity contribution in [3.8, 4) is 33.4 Å². The van der Waals surface area contributed by atoms with E-state index in [9.17, 15) is 49.6 Å². The Bertz CT molecular complexity index is 3030. The highest BCUT2D eigenvalue weighted by molar-refractivity contribution is 5.99. The minimum absolute atomic E-state index is 0.338. The van der Waals surface area contributed by atoms with Crippen LogP contribution in [0, 0.1) is 97.4 Å². The SMILES string of the molecule is O=[N+]([O-])c1cc2[nH]c1c(-c1c(F)c(F)c(F)c(F)c1F)c1nc(c(-c3c(F)c(F)c(F)c(F)c3F)c3[nH]c(c(-c4c(F)c(F)c(F)c(F)c4F)c4ccc2[nH]4)CC3)C=C1. The maximum atomic E-state index is 15.7. The lowest BCUT2D eigenvalue weighted by molar-refractivity contribution is -0.382. The summed E-state index contributed by atoms with van der Waals surface area (Å²) in [6, 6.07) is 2.60. The van der Waals surface area contributed by atoms with Gasteiger partial charge in [0.15, 0.2) is 69.8 Å². The molecule has 0 amide bonds. The van der Waals surface area contributed by atoms with Crippen molar-refractivity contribution in [1.29, 1.82) is 0 Å². The van der Waals surface area contributed by atoms with E-state index in [1.807, 2.05) is 0 Å². The third-order valence-corrected chi connectivity index (χ3v) is 9.55. The fraction of sp³-hybridized carbons (Fsp3) is 0.0541. The first-order chi connectivity index (χ1) is 27.8. The van der Waals surface area contributed by atoms with Gasteiger partial charge in [0.1, 0.15) is 5.52 Å². The van der Waals surface area contributed by atoms with Crippen LogP contribution in [0.2, 0.25) is 0 Å². The monoisotopic (exact) mass is 843 g/mol. The van der Waals surface area contributed by atoms with Gasteiger partial charge in [0, 0.05) is 39.7 Å². The number of fused-ring (bicyclic) bond motifs is 9. The first-order valence-corrected chi connectivity index (χ1v) is 16.2. The molecule has 2 aliphatic rings. The van der Waals surface area contributed by atoms with E-state index in [-0.39, 0.29) is 5.52 Å². The molecular weight excluding hydrogens is 831 g/mol. The molecule has 2 aliphatic heterocycles. The molecule has 6 aromatic rings. The van der Waals surface area contributed by atoms with Gasteiger partial charge in [-0.25, -0.2) is 70.8 Å². The van der Waals surface area contributed by atoms with Gasteiger partial charge in [-0.1, -0.05) is 0 Å². The van der Waals surface area contributed by atoms with E-state index < -0.39 is 183 Å². The van der Waals surface area contributed by atoms with E-state index in [1.54, 1.807) is 0 Å². The Morgan fingerprint density at radius 3 is 1.27 bits per heavy atom. The Hall–Kier alpha value is -7.00. The predicted octanol–water partition coefficient (Wildman–Crippen LogP) is 11.2. The molecule has 302 valence electrons. The zero-order valence-electron chi connectivity index (χ0n) is 28.2. The number of nitrogens with one attached hydrogen (secondary N) is 3. The molecule has 7 nitrogen and oxygen atoms in total. The maximum Gasteiger partial charge on any atom is 0.295 e. The number of aromatic amines is 3. The topological polar surface area (TPSA) is 103 Å². The number of benzene rings is 3. The van der Waals surface area contributed by atoms with Crippen molar-refractivity contribution in [3.05, 3.63) is 138 Å². The molecular formula is C37H12F15N5O2. The molecule has 0 radical (unpaired) electrons. The van der Waals surface area contributed by atoms with Crippen LogP contribution in [0.15, 0.2) is 18.2 Å². The van der Waals surface area contributed by atoms with Crippen molar-refractivity contribution < 1.29 is 70.8 Å². The van der Waals surface area contributed by atoms with E-state index in [1.165, 1.54) is 0 Å². The maximum absolute atomic E-state index is 15.7. The minimum atomic E-state index is -2.66. The van der Waals surface area contributed by atoms with Gasteiger partial charge in [0.2, 0.25) is 17.5 Å². The smallest absolute Gasteiger partial charge is 0.295 e. The van der Waals surface area contributed by atoms with Gasteiger partial charge >= 0.3 is 0 Å². The van der Waals surface area contributed by atoms with Crippen LogP contribution in [-0.4, -0.2) is 24.9 Å². The number of aryl methyl sites for hydroxylation is 2. The van der Waals surface area contributed by atoms with E-state index in [0.29, 0.717) is 18.2 Å². The van der Waals surface area contributed by atoms with E-state index in [4.69, 9.17) is 0 Å². The van der Waals surface area contributed by atoms with E-state index >= 15 is 26.3 Å². The van der Waals surface area contributed by atoms with Crippen LogP contribution < -0.4 is 0 Å². The molecule has 0 unspecified atom stereocenters. The summed E-state index contributed by atoms with van der Waals surface area (Å²) in [5.41, 5.74) is -15.0. The van der Waals surface area contributed by atoms with Crippen LogP contribution >= 0.6 is 0 Å². The average molecular weight is 844 g/mol. The lowest BCUT2D eigenvalue weighted by Gasteiger charge is -2.12. The van der Waals surface area contributed by atoms with Gasteiger partial charge in [0.25, 0.3) is 5.69 Å². The van der Waals surface area contributed by atoms with Crippen LogP contribution in [0.1, 0.15) is 22.8 Å². The highest BCUT2D eigenvalue weighted by atomic mass is 19.2. The van der Waals surface area contributed by atoms with Gasteiger partial charge < -0.3 is 15.0 Å². The minimum Gasteiger partial charge on any atom is -0.361 e. The average Bonchev–Trinajstić information content (AvgIpc) is 4.05. The predicted molar refractivity (Wildman–Crippen MR) is 176 cm³/mol. The van der Waals surface area contributed by atoms with Crippen LogP contribution in [0.3, 0.4) is 0 Å². The lowest BCUT2D eigenvalue weighted by Crippen LogP contribution is -2.06. The molecule has 3 aromatic heterocycles. The molecule has 3 aromatic carbocycles. The largest absolute Gasteiger partial charge is 0.361 e. The third kappa shape index (κ3) is 5.59. The number of nitrogens with zero attached hydrogens (tertiary/aromatic N) is 2. The Labute approximate surface area is 315 Å². The number of hydrogen-bond donors (Lipinski definition) is 3. The summed E-state index contributed by atoms with van der Waals surface area (Å²) in [6.07, 6.45) is 0.152. The summed E-state index contributed by atoms with van der Waals surface area (Å²) >= 11 is 0. The zero-order chi connectivity index (χ0) is 42.7. The molecule has 59 heavy (non-hydrogen) atoms. The summed E-state index contributed by atoms with van der Waals surface area (Å²) in [7, 11) is 0. The number of aromatic nitrogens is 4. The molecule has 0 atom stereocenters. The summed E-state index contributed by atoms with van der Waals surface area (Å²) in [5.74, 6) is -37.8. The summed E-state index contributed by atoms with van der Waals surface area (Å²) in [4.78, 5) is 22.5. The Kier molecular flexibility index (Phi) is 8.92. The third-order valence-electron chi connectivity index (χ3n) is 9.55. The summed E-state index contributed by atoms with van der Waals surface area (Å²) < 4.78 is 225. The molecule has 3 N–H and O–H groups in total. The highest BCUT2D eigenvalue weighted by Crippen LogP contribution is 2.44. The van der Waals surface area contributed by atoms with Gasteiger partial charge in [0.05, 0.1) is 44.0 Å². The van der Waals surface area contributed by atoms with Crippen molar-refractivity contribution in [1.82, 2.24) is 19.9 Å². The molecule has 0 saturated heterocycles. The number of rotatable bonds is 4. The van der Waals surface area contributed by atoms with Gasteiger partial charge in [-0.3, -0.25) is 10.1 Å². The zero-order valence-corrected chi connectivity index (χ0v) is 28.2. The first kappa shape index (κ1) is 38.9. The Morgan fingerprint density at radius 1 is 0.441 bits per heavy atom. The van der Waals surface area contributed by atoms with Crippen LogP contribution in [-0.2, 0) is 12.8 Å². The second-order valence-electron chi connectivity index (χ2n) is 12.7. The van der Waals surface area contributed by atoms with Crippen molar-refractivity contribution in [2.75, 3.05) is 0 Å². The molecule has 5 heterocycles. The number of nitro groups is 1. The number of hydrogen-bond acceptors (Lipinski definition) is 3. The Balaban J connectivity index is 1.68.